The van der Waals surface area contributed by atoms with E-state index in [4.69, 9.17) is 0 Å². The third-order valence-corrected chi connectivity index (χ3v) is 3.84. The molecule has 1 unspecified atom stereocenters. The number of hydrogen-bond donors (Lipinski definition) is 2. The number of rotatable bonds is 6. The molecule has 1 atom stereocenters. The van der Waals surface area contributed by atoms with Crippen molar-refractivity contribution in [2.75, 3.05) is 6.54 Å². The molecule has 0 spiro atoms. The third-order valence-electron chi connectivity index (χ3n) is 3.84. The molecule has 0 amide bonds. The molecule has 0 aliphatic carbocycles. The highest BCUT2D eigenvalue weighted by atomic mass is 16.4. The Kier molecular flexibility index (Phi) is 5.81. The fraction of sp³-hybridized carbons (Fsp3) is 0.471. The number of oxime groups is 1. The fourth-order valence-electron chi connectivity index (χ4n) is 2.79. The van der Waals surface area contributed by atoms with E-state index in [-0.39, 0.29) is 0 Å². The maximum Gasteiger partial charge on any atom is 0.0870 e. The molecule has 0 bridgehead atoms. The molecule has 1 aromatic carbocycles. The summed E-state index contributed by atoms with van der Waals surface area (Å²) in [5.41, 5.74) is 3.24. The van der Waals surface area contributed by atoms with E-state index in [2.05, 4.69) is 23.5 Å². The molecule has 0 saturated heterocycles. The summed E-state index contributed by atoms with van der Waals surface area (Å²) in [6.07, 6.45) is 7.58. The summed E-state index contributed by atoms with van der Waals surface area (Å²) in [7, 11) is 0. The van der Waals surface area contributed by atoms with Crippen molar-refractivity contribution < 1.29 is 5.21 Å². The van der Waals surface area contributed by atoms with Gasteiger partial charge in [0.2, 0.25) is 0 Å². The van der Waals surface area contributed by atoms with Gasteiger partial charge in [-0.05, 0) is 37.8 Å². The van der Waals surface area contributed by atoms with E-state index in [1.54, 1.807) is 0 Å². The number of hydrogen-bond acceptors (Lipinski definition) is 3. The molecule has 1 heterocycles. The molecule has 108 valence electrons. The van der Waals surface area contributed by atoms with Gasteiger partial charge in [0, 0.05) is 6.04 Å². The second-order valence-corrected chi connectivity index (χ2v) is 5.28. The van der Waals surface area contributed by atoms with E-state index in [1.165, 1.54) is 18.4 Å². The van der Waals surface area contributed by atoms with Crippen LogP contribution in [0.25, 0.3) is 0 Å². The van der Waals surface area contributed by atoms with Crippen LogP contribution in [0.1, 0.15) is 44.6 Å². The lowest BCUT2D eigenvalue weighted by Gasteiger charge is -2.25. The Labute approximate surface area is 121 Å². The van der Waals surface area contributed by atoms with Crippen LogP contribution in [0.2, 0.25) is 0 Å². The van der Waals surface area contributed by atoms with E-state index < -0.39 is 0 Å². The molecule has 0 fully saturated rings. The summed E-state index contributed by atoms with van der Waals surface area (Å²) < 4.78 is 0. The van der Waals surface area contributed by atoms with Gasteiger partial charge in [-0.1, -0.05) is 60.5 Å². The van der Waals surface area contributed by atoms with Gasteiger partial charge in [-0.15, -0.1) is 0 Å². The summed E-state index contributed by atoms with van der Waals surface area (Å²) in [5, 5.41) is 16.3. The molecule has 3 nitrogen and oxygen atoms in total. The predicted molar refractivity (Wildman–Crippen MR) is 83.4 cm³/mol. The molecule has 1 aliphatic rings. The van der Waals surface area contributed by atoms with Crippen molar-refractivity contribution in [3.8, 4) is 0 Å². The van der Waals surface area contributed by atoms with Crippen LogP contribution in [0.4, 0.5) is 0 Å². The summed E-state index contributed by atoms with van der Waals surface area (Å²) in [6, 6.07) is 10.4. The minimum atomic E-state index is 0.504. The normalized spacial score (nSPS) is 19.8. The zero-order valence-corrected chi connectivity index (χ0v) is 12.2. The van der Waals surface area contributed by atoms with Crippen molar-refractivity contribution in [2.24, 2.45) is 5.16 Å². The van der Waals surface area contributed by atoms with E-state index in [0.29, 0.717) is 6.04 Å². The average Bonchev–Trinajstić information content (AvgIpc) is 2.51. The molecule has 1 aromatic rings. The van der Waals surface area contributed by atoms with E-state index in [0.717, 1.165) is 37.1 Å². The largest absolute Gasteiger partial charge is 0.411 e. The molecule has 0 radical (unpaired) electrons. The number of nitrogens with one attached hydrogen (secondary N) is 1. The van der Waals surface area contributed by atoms with Crippen LogP contribution >= 0.6 is 0 Å². The highest BCUT2D eigenvalue weighted by Crippen LogP contribution is 2.20. The van der Waals surface area contributed by atoms with Gasteiger partial charge in [-0.25, -0.2) is 0 Å². The maximum atomic E-state index is 9.23. The zero-order valence-electron chi connectivity index (χ0n) is 12.2. The molecule has 1 aliphatic heterocycles. The van der Waals surface area contributed by atoms with Crippen molar-refractivity contribution in [2.45, 2.75) is 45.1 Å². The molecule has 2 N–H and O–H groups in total. The summed E-state index contributed by atoms with van der Waals surface area (Å²) >= 11 is 0. The first kappa shape index (κ1) is 14.8. The lowest BCUT2D eigenvalue weighted by atomic mass is 9.92. The van der Waals surface area contributed by atoms with Crippen molar-refractivity contribution in [1.29, 1.82) is 0 Å². The molecule has 2 rings (SSSR count). The topological polar surface area (TPSA) is 44.6 Å². The highest BCUT2D eigenvalue weighted by Gasteiger charge is 2.17. The predicted octanol–water partition coefficient (Wildman–Crippen LogP) is 3.73. The van der Waals surface area contributed by atoms with Crippen molar-refractivity contribution >= 4 is 5.71 Å². The minimum Gasteiger partial charge on any atom is -0.411 e. The SMILES string of the molecule is CCCC1NCCC=C1CCC(=NO)c1ccccc1. The standard InChI is InChI=1S/C17H24N2O/c1-2-7-16-15(10-6-13-18-16)11-12-17(19-20)14-8-4-3-5-9-14/h3-5,8-10,16,18,20H,2,6-7,11-13H2,1H3. The number of benzene rings is 1. The Bertz CT molecular complexity index is 465. The summed E-state index contributed by atoms with van der Waals surface area (Å²) in [4.78, 5) is 0. The second kappa shape index (κ2) is 7.85. The Morgan fingerprint density at radius 3 is 2.85 bits per heavy atom. The van der Waals surface area contributed by atoms with E-state index >= 15 is 0 Å². The molecule has 0 saturated carbocycles. The van der Waals surface area contributed by atoms with Crippen LogP contribution in [0, 0.1) is 0 Å². The summed E-state index contributed by atoms with van der Waals surface area (Å²) in [5.74, 6) is 0. The second-order valence-electron chi connectivity index (χ2n) is 5.28. The first-order valence-corrected chi connectivity index (χ1v) is 7.53. The molecule has 0 aromatic heterocycles. The smallest absolute Gasteiger partial charge is 0.0870 e. The van der Waals surface area contributed by atoms with E-state index in [9.17, 15) is 5.21 Å². The van der Waals surface area contributed by atoms with Gasteiger partial charge in [0.15, 0.2) is 0 Å². The monoisotopic (exact) mass is 272 g/mol. The lowest BCUT2D eigenvalue weighted by Crippen LogP contribution is -2.34. The first-order chi connectivity index (χ1) is 9.85. The van der Waals surface area contributed by atoms with Gasteiger partial charge in [0.1, 0.15) is 0 Å². The van der Waals surface area contributed by atoms with Crippen LogP contribution < -0.4 is 5.32 Å². The van der Waals surface area contributed by atoms with Crippen molar-refractivity contribution in [3.05, 3.63) is 47.5 Å². The molecular formula is C17H24N2O. The Morgan fingerprint density at radius 1 is 1.35 bits per heavy atom. The van der Waals surface area contributed by atoms with Crippen LogP contribution in [0.3, 0.4) is 0 Å². The van der Waals surface area contributed by atoms with Crippen LogP contribution in [-0.2, 0) is 0 Å². The van der Waals surface area contributed by atoms with Gasteiger partial charge in [0.05, 0.1) is 5.71 Å². The lowest BCUT2D eigenvalue weighted by molar-refractivity contribution is 0.318. The Balaban J connectivity index is 1.98. The number of nitrogens with zero attached hydrogens (tertiary/aromatic N) is 1. The first-order valence-electron chi connectivity index (χ1n) is 7.53. The maximum absolute atomic E-state index is 9.23. The summed E-state index contributed by atoms with van der Waals surface area (Å²) in [6.45, 7) is 3.30. The van der Waals surface area contributed by atoms with Crippen LogP contribution in [0.15, 0.2) is 47.1 Å². The molecular weight excluding hydrogens is 248 g/mol. The molecule has 20 heavy (non-hydrogen) atoms. The van der Waals surface area contributed by atoms with Crippen molar-refractivity contribution in [3.63, 3.8) is 0 Å². The molecule has 3 heteroatoms. The van der Waals surface area contributed by atoms with Gasteiger partial charge in [-0.2, -0.15) is 0 Å². The van der Waals surface area contributed by atoms with Crippen LogP contribution in [0.5, 0.6) is 0 Å². The highest BCUT2D eigenvalue weighted by molar-refractivity contribution is 6.00. The average molecular weight is 272 g/mol. The van der Waals surface area contributed by atoms with Gasteiger partial charge in [0.25, 0.3) is 0 Å². The van der Waals surface area contributed by atoms with Gasteiger partial charge < -0.3 is 10.5 Å². The van der Waals surface area contributed by atoms with Crippen LogP contribution in [-0.4, -0.2) is 23.5 Å². The zero-order chi connectivity index (χ0) is 14.2. The fourth-order valence-corrected chi connectivity index (χ4v) is 2.79. The van der Waals surface area contributed by atoms with Crippen molar-refractivity contribution in [1.82, 2.24) is 5.32 Å². The minimum absolute atomic E-state index is 0.504. The van der Waals surface area contributed by atoms with Gasteiger partial charge in [-0.3, -0.25) is 0 Å². The Hall–Kier alpha value is -1.61. The van der Waals surface area contributed by atoms with E-state index in [1.807, 2.05) is 30.3 Å². The third kappa shape index (κ3) is 3.94. The van der Waals surface area contributed by atoms with Gasteiger partial charge >= 0.3 is 0 Å². The Morgan fingerprint density at radius 2 is 2.15 bits per heavy atom. The quantitative estimate of drug-likeness (QED) is 0.359.